The summed E-state index contributed by atoms with van der Waals surface area (Å²) >= 11 is 0. The molecule has 0 aliphatic heterocycles. The van der Waals surface area contributed by atoms with E-state index in [0.717, 1.165) is 18.5 Å². The fourth-order valence-electron chi connectivity index (χ4n) is 3.73. The number of para-hydroxylation sites is 1. The first-order valence-electron chi connectivity index (χ1n) is 11.1. The number of nitrogens with one attached hydrogen (secondary N) is 1. The molecule has 162 valence electrons. The molecule has 1 N–H and O–H groups in total. The number of hydrogen-bond donors (Lipinski definition) is 1. The van der Waals surface area contributed by atoms with Gasteiger partial charge in [-0.3, -0.25) is 0 Å². The van der Waals surface area contributed by atoms with Crippen molar-refractivity contribution in [1.29, 1.82) is 0 Å². The zero-order valence-corrected chi connectivity index (χ0v) is 19.1. The third kappa shape index (κ3) is 7.27. The smallest absolute Gasteiger partial charge is 0.236 e. The first kappa shape index (κ1) is 23.6. The van der Waals surface area contributed by atoms with E-state index >= 15 is 0 Å². The summed E-state index contributed by atoms with van der Waals surface area (Å²) in [6.45, 7) is 6.28. The van der Waals surface area contributed by atoms with Crippen LogP contribution < -0.4 is 4.72 Å². The molecule has 0 fully saturated rings. The highest BCUT2D eigenvalue weighted by Crippen LogP contribution is 2.22. The SMILES string of the molecule is CCCCCCCCCCCCNS(=O)(=O)c1c(C)nn(-c2ccccc2)c1C. The second kappa shape index (κ2) is 12.1. The Balaban J connectivity index is 1.77. The molecule has 0 radical (unpaired) electrons. The summed E-state index contributed by atoms with van der Waals surface area (Å²) in [5, 5.41) is 4.45. The van der Waals surface area contributed by atoms with E-state index in [1.54, 1.807) is 11.6 Å². The zero-order chi connectivity index (χ0) is 21.1. The van der Waals surface area contributed by atoms with Crippen molar-refractivity contribution in [3.05, 3.63) is 41.7 Å². The summed E-state index contributed by atoms with van der Waals surface area (Å²) in [6, 6.07) is 9.62. The fraction of sp³-hybridized carbons (Fsp3) is 0.609. The number of nitrogens with zero attached hydrogens (tertiary/aromatic N) is 2. The van der Waals surface area contributed by atoms with Crippen LogP contribution in [0.5, 0.6) is 0 Å². The number of rotatable bonds is 14. The first-order valence-corrected chi connectivity index (χ1v) is 12.6. The van der Waals surface area contributed by atoms with Crippen molar-refractivity contribution in [2.45, 2.75) is 89.9 Å². The van der Waals surface area contributed by atoms with E-state index in [1.165, 1.54) is 51.4 Å². The Morgan fingerprint density at radius 1 is 0.862 bits per heavy atom. The molecule has 0 bridgehead atoms. The maximum absolute atomic E-state index is 12.8. The number of benzene rings is 1. The van der Waals surface area contributed by atoms with Crippen LogP contribution in [0.15, 0.2) is 35.2 Å². The Kier molecular flexibility index (Phi) is 9.88. The van der Waals surface area contributed by atoms with Gasteiger partial charge in [0.2, 0.25) is 10.0 Å². The van der Waals surface area contributed by atoms with Crippen LogP contribution >= 0.6 is 0 Å². The zero-order valence-electron chi connectivity index (χ0n) is 18.3. The van der Waals surface area contributed by atoms with Crippen molar-refractivity contribution in [2.75, 3.05) is 6.54 Å². The van der Waals surface area contributed by atoms with E-state index in [2.05, 4.69) is 16.7 Å². The Morgan fingerprint density at radius 3 is 2.00 bits per heavy atom. The summed E-state index contributed by atoms with van der Waals surface area (Å²) < 4.78 is 30.1. The van der Waals surface area contributed by atoms with E-state index in [9.17, 15) is 8.42 Å². The van der Waals surface area contributed by atoms with Crippen molar-refractivity contribution < 1.29 is 8.42 Å². The molecule has 29 heavy (non-hydrogen) atoms. The van der Waals surface area contributed by atoms with Gasteiger partial charge in [0.05, 0.1) is 17.1 Å². The molecule has 2 aromatic rings. The molecule has 5 nitrogen and oxygen atoms in total. The molecule has 0 aliphatic rings. The fourth-order valence-corrected chi connectivity index (χ4v) is 5.19. The lowest BCUT2D eigenvalue weighted by atomic mass is 10.1. The minimum absolute atomic E-state index is 0.299. The Labute approximate surface area is 177 Å². The van der Waals surface area contributed by atoms with Gasteiger partial charge in [-0.2, -0.15) is 5.10 Å². The molecule has 2 rings (SSSR count). The summed E-state index contributed by atoms with van der Waals surface area (Å²) in [5.41, 5.74) is 2.04. The average Bonchev–Trinajstić information content (AvgIpc) is 3.01. The maximum Gasteiger partial charge on any atom is 0.244 e. The van der Waals surface area contributed by atoms with Crippen LogP contribution in [0.2, 0.25) is 0 Å². The van der Waals surface area contributed by atoms with Gasteiger partial charge in [0.1, 0.15) is 4.90 Å². The summed E-state index contributed by atoms with van der Waals surface area (Å²) in [6.07, 6.45) is 12.4. The van der Waals surface area contributed by atoms with Crippen LogP contribution in [0.25, 0.3) is 5.69 Å². The van der Waals surface area contributed by atoms with Crippen LogP contribution in [0, 0.1) is 13.8 Å². The largest absolute Gasteiger partial charge is 0.244 e. The van der Waals surface area contributed by atoms with Crippen molar-refractivity contribution in [3.63, 3.8) is 0 Å². The molecule has 1 aromatic carbocycles. The summed E-state index contributed by atoms with van der Waals surface area (Å²) in [5.74, 6) is 0. The van der Waals surface area contributed by atoms with E-state index in [0.29, 0.717) is 22.8 Å². The van der Waals surface area contributed by atoms with Crippen molar-refractivity contribution in [3.8, 4) is 5.69 Å². The third-order valence-electron chi connectivity index (χ3n) is 5.32. The molecule has 1 aromatic heterocycles. The van der Waals surface area contributed by atoms with Gasteiger partial charge in [-0.25, -0.2) is 17.8 Å². The lowest BCUT2D eigenvalue weighted by molar-refractivity contribution is 0.548. The quantitative estimate of drug-likeness (QED) is 0.400. The van der Waals surface area contributed by atoms with Gasteiger partial charge in [-0.15, -0.1) is 0 Å². The van der Waals surface area contributed by atoms with Gasteiger partial charge in [0.25, 0.3) is 0 Å². The maximum atomic E-state index is 12.8. The van der Waals surface area contributed by atoms with E-state index in [-0.39, 0.29) is 0 Å². The van der Waals surface area contributed by atoms with Gasteiger partial charge in [-0.1, -0.05) is 82.9 Å². The molecule has 1 heterocycles. The van der Waals surface area contributed by atoms with Crippen LogP contribution in [-0.4, -0.2) is 24.7 Å². The highest BCUT2D eigenvalue weighted by molar-refractivity contribution is 7.89. The highest BCUT2D eigenvalue weighted by atomic mass is 32.2. The normalized spacial score (nSPS) is 11.8. The molecule has 0 saturated carbocycles. The molecule has 0 amide bonds. The monoisotopic (exact) mass is 419 g/mol. The van der Waals surface area contributed by atoms with Gasteiger partial charge in [0.15, 0.2) is 0 Å². The van der Waals surface area contributed by atoms with Gasteiger partial charge in [0, 0.05) is 6.54 Å². The standard InChI is InChI=1S/C23H37N3O2S/c1-4-5-6-7-8-9-10-11-12-16-19-24-29(27,28)23-20(2)25-26(21(23)3)22-17-14-13-15-18-22/h13-15,17-18,24H,4-12,16,19H2,1-3H3. The molecule has 6 heteroatoms. The predicted octanol–water partition coefficient (Wildman–Crippen LogP) is 5.69. The molecule has 0 spiro atoms. The molecule has 0 atom stereocenters. The number of unbranched alkanes of at least 4 members (excludes halogenated alkanes) is 9. The molecular formula is C23H37N3O2S. The van der Waals surface area contributed by atoms with Gasteiger partial charge < -0.3 is 0 Å². The number of hydrogen-bond acceptors (Lipinski definition) is 3. The second-order valence-electron chi connectivity index (χ2n) is 7.83. The Morgan fingerprint density at radius 2 is 1.41 bits per heavy atom. The minimum atomic E-state index is -3.55. The first-order chi connectivity index (χ1) is 14.0. The topological polar surface area (TPSA) is 64.0 Å². The van der Waals surface area contributed by atoms with Crippen molar-refractivity contribution >= 4 is 10.0 Å². The number of aryl methyl sites for hydroxylation is 1. The highest BCUT2D eigenvalue weighted by Gasteiger charge is 2.24. The van der Waals surface area contributed by atoms with Gasteiger partial charge in [-0.05, 0) is 32.4 Å². The molecule has 0 saturated heterocycles. The number of aromatic nitrogens is 2. The lowest BCUT2D eigenvalue weighted by Gasteiger charge is -2.08. The third-order valence-corrected chi connectivity index (χ3v) is 7.03. The second-order valence-corrected chi connectivity index (χ2v) is 9.53. The Hall–Kier alpha value is -1.66. The predicted molar refractivity (Wildman–Crippen MR) is 120 cm³/mol. The van der Waals surface area contributed by atoms with E-state index < -0.39 is 10.0 Å². The van der Waals surface area contributed by atoms with Crippen molar-refractivity contribution in [2.24, 2.45) is 0 Å². The average molecular weight is 420 g/mol. The molecular weight excluding hydrogens is 382 g/mol. The molecule has 0 unspecified atom stereocenters. The van der Waals surface area contributed by atoms with Gasteiger partial charge >= 0.3 is 0 Å². The minimum Gasteiger partial charge on any atom is -0.236 e. The summed E-state index contributed by atoms with van der Waals surface area (Å²) in [4.78, 5) is 0.299. The van der Waals surface area contributed by atoms with Crippen LogP contribution in [0.3, 0.4) is 0 Å². The Bertz CT molecular complexity index is 829. The van der Waals surface area contributed by atoms with Crippen LogP contribution in [0.4, 0.5) is 0 Å². The summed E-state index contributed by atoms with van der Waals surface area (Å²) in [7, 11) is -3.55. The van der Waals surface area contributed by atoms with Crippen LogP contribution in [0.1, 0.15) is 82.5 Å². The van der Waals surface area contributed by atoms with E-state index in [1.807, 2.05) is 37.3 Å². The van der Waals surface area contributed by atoms with Crippen LogP contribution in [-0.2, 0) is 10.0 Å². The van der Waals surface area contributed by atoms with E-state index in [4.69, 9.17) is 0 Å². The lowest BCUT2D eigenvalue weighted by Crippen LogP contribution is -2.25. The number of sulfonamides is 1. The van der Waals surface area contributed by atoms with Crippen molar-refractivity contribution in [1.82, 2.24) is 14.5 Å². The molecule has 0 aliphatic carbocycles.